The van der Waals surface area contributed by atoms with Crippen LogP contribution in [0.5, 0.6) is 5.75 Å². The maximum atomic E-state index is 13.5. The number of rotatable bonds is 7. The van der Waals surface area contributed by atoms with Gasteiger partial charge in [0.1, 0.15) is 11.6 Å². The molecule has 39 heavy (non-hydrogen) atoms. The van der Waals surface area contributed by atoms with Gasteiger partial charge in [-0.25, -0.2) is 4.98 Å². The van der Waals surface area contributed by atoms with Gasteiger partial charge in [0.15, 0.2) is 6.61 Å². The average Bonchev–Trinajstić information content (AvgIpc) is 2.94. The molecule has 0 atom stereocenters. The van der Waals surface area contributed by atoms with Crippen molar-refractivity contribution >= 4 is 60.6 Å². The summed E-state index contributed by atoms with van der Waals surface area (Å²) in [5, 5.41) is 7.95. The van der Waals surface area contributed by atoms with Crippen LogP contribution in [0.15, 0.2) is 79.5 Å². The molecule has 0 radical (unpaired) electrons. The van der Waals surface area contributed by atoms with E-state index in [4.69, 9.17) is 9.72 Å². The first kappa shape index (κ1) is 27.3. The summed E-state index contributed by atoms with van der Waals surface area (Å²) >= 11 is 6.99. The molecule has 4 aromatic rings. The Kier molecular flexibility index (Phi) is 8.57. The van der Waals surface area contributed by atoms with Gasteiger partial charge in [-0.1, -0.05) is 52.9 Å². The first-order valence-corrected chi connectivity index (χ1v) is 14.5. The van der Waals surface area contributed by atoms with Crippen LogP contribution in [0, 0.1) is 6.92 Å². The first-order valence-electron chi connectivity index (χ1n) is 12.9. The van der Waals surface area contributed by atoms with Crippen LogP contribution in [0.1, 0.15) is 55.0 Å². The number of amides is 1. The number of carbonyl (C=O) groups excluding carboxylic acids is 1. The Morgan fingerprint density at radius 2 is 1.85 bits per heavy atom. The Balaban J connectivity index is 1.35. The van der Waals surface area contributed by atoms with E-state index in [2.05, 4.69) is 42.3 Å². The molecule has 7 nitrogen and oxygen atoms in total. The number of hydrogen-bond donors (Lipinski definition) is 1. The molecule has 0 spiro atoms. The van der Waals surface area contributed by atoms with Gasteiger partial charge in [0.2, 0.25) is 0 Å². The molecular formula is C30H28Br2N4O3. The fourth-order valence-corrected chi connectivity index (χ4v) is 5.59. The van der Waals surface area contributed by atoms with E-state index < -0.39 is 0 Å². The summed E-state index contributed by atoms with van der Waals surface area (Å²) in [5.41, 5.74) is 3.12. The number of nitrogens with zero attached hydrogens (tertiary/aromatic N) is 3. The summed E-state index contributed by atoms with van der Waals surface area (Å²) in [6.45, 7) is 1.87. The predicted molar refractivity (Wildman–Crippen MR) is 162 cm³/mol. The Labute approximate surface area is 243 Å². The third-order valence-corrected chi connectivity index (χ3v) is 7.89. The zero-order chi connectivity index (χ0) is 27.4. The van der Waals surface area contributed by atoms with Gasteiger partial charge in [-0.3, -0.25) is 9.59 Å². The highest BCUT2D eigenvalue weighted by atomic mass is 79.9. The molecule has 0 bridgehead atoms. The molecule has 200 valence electrons. The second-order valence-electron chi connectivity index (χ2n) is 9.72. The molecule has 0 aliphatic heterocycles. The lowest BCUT2D eigenvalue weighted by Crippen LogP contribution is -2.25. The second-order valence-corrected chi connectivity index (χ2v) is 11.5. The molecule has 1 aliphatic rings. The Morgan fingerprint density at radius 3 is 2.59 bits per heavy atom. The molecule has 0 saturated heterocycles. The van der Waals surface area contributed by atoms with Crippen LogP contribution < -0.4 is 15.6 Å². The molecule has 3 aromatic carbocycles. The third-order valence-electron chi connectivity index (χ3n) is 6.78. The number of ether oxygens (including phenoxy) is 1. The molecule has 9 heteroatoms. The maximum absolute atomic E-state index is 13.5. The zero-order valence-electron chi connectivity index (χ0n) is 21.5. The van der Waals surface area contributed by atoms with Crippen LogP contribution in [0.2, 0.25) is 0 Å². The minimum atomic E-state index is -0.249. The van der Waals surface area contributed by atoms with Gasteiger partial charge in [-0.15, -0.1) is 0 Å². The van der Waals surface area contributed by atoms with Crippen molar-refractivity contribution in [3.63, 3.8) is 0 Å². The number of carbonyl (C=O) groups is 1. The summed E-state index contributed by atoms with van der Waals surface area (Å²) in [5.74, 6) is 1.19. The number of anilines is 1. The smallest absolute Gasteiger partial charge is 0.282 e. The van der Waals surface area contributed by atoms with E-state index in [0.29, 0.717) is 26.9 Å². The Hall–Kier alpha value is -3.30. The molecular weight excluding hydrogens is 624 g/mol. The monoisotopic (exact) mass is 650 g/mol. The van der Waals surface area contributed by atoms with Gasteiger partial charge < -0.3 is 10.1 Å². The van der Waals surface area contributed by atoms with Gasteiger partial charge >= 0.3 is 0 Å². The van der Waals surface area contributed by atoms with E-state index >= 15 is 0 Å². The summed E-state index contributed by atoms with van der Waals surface area (Å²) in [6, 6.07) is 18.6. The summed E-state index contributed by atoms with van der Waals surface area (Å²) < 4.78 is 8.67. The standard InChI is InChI=1S/C30H28Br2N4O3/c1-19-7-11-23(12-8-19)34-28(37)18-39-27-14-9-20(15-25(27)32)17-33-36-29(21-5-3-2-4-6-21)35-26-13-10-22(31)16-24(26)30(36)38/h7-17,21H,2-6,18H2,1H3,(H,34,37). The molecule has 0 unspecified atom stereocenters. The summed E-state index contributed by atoms with van der Waals surface area (Å²) in [4.78, 5) is 30.7. The number of benzene rings is 3. The molecule has 5 rings (SSSR count). The van der Waals surface area contributed by atoms with Crippen molar-refractivity contribution in [3.05, 3.63) is 96.9 Å². The molecule has 1 N–H and O–H groups in total. The van der Waals surface area contributed by atoms with Crippen LogP contribution in [0.3, 0.4) is 0 Å². The highest BCUT2D eigenvalue weighted by Crippen LogP contribution is 2.32. The molecule has 1 amide bonds. The van der Waals surface area contributed by atoms with Crippen LogP contribution >= 0.6 is 31.9 Å². The van der Waals surface area contributed by atoms with Crippen molar-refractivity contribution in [1.29, 1.82) is 0 Å². The van der Waals surface area contributed by atoms with Gasteiger partial charge in [0.05, 0.1) is 21.6 Å². The fraction of sp³-hybridized carbons (Fsp3) is 0.267. The van der Waals surface area contributed by atoms with Crippen molar-refractivity contribution in [2.24, 2.45) is 5.10 Å². The Morgan fingerprint density at radius 1 is 1.08 bits per heavy atom. The highest BCUT2D eigenvalue weighted by Gasteiger charge is 2.22. The third kappa shape index (κ3) is 6.65. The fourth-order valence-electron chi connectivity index (χ4n) is 4.72. The zero-order valence-corrected chi connectivity index (χ0v) is 24.7. The lowest BCUT2D eigenvalue weighted by atomic mass is 9.88. The molecule has 1 aromatic heterocycles. The minimum absolute atomic E-state index is 0.127. The highest BCUT2D eigenvalue weighted by molar-refractivity contribution is 9.10. The number of aromatic nitrogens is 2. The van der Waals surface area contributed by atoms with Crippen molar-refractivity contribution in [3.8, 4) is 5.75 Å². The van der Waals surface area contributed by atoms with Crippen molar-refractivity contribution in [2.75, 3.05) is 11.9 Å². The molecule has 1 heterocycles. The van der Waals surface area contributed by atoms with Gasteiger partial charge in [-0.05, 0) is 89.8 Å². The van der Waals surface area contributed by atoms with E-state index in [0.717, 1.165) is 47.0 Å². The number of aryl methyl sites for hydroxylation is 1. The molecule has 1 fully saturated rings. The van der Waals surface area contributed by atoms with Crippen molar-refractivity contribution < 1.29 is 9.53 Å². The van der Waals surface area contributed by atoms with Crippen molar-refractivity contribution in [2.45, 2.75) is 44.9 Å². The molecule has 1 aliphatic carbocycles. The number of nitrogens with one attached hydrogen (secondary N) is 1. The van der Waals surface area contributed by atoms with Gasteiger partial charge in [0.25, 0.3) is 11.5 Å². The lowest BCUT2D eigenvalue weighted by Gasteiger charge is -2.22. The first-order chi connectivity index (χ1) is 18.9. The van der Waals surface area contributed by atoms with Crippen LogP contribution in [0.25, 0.3) is 10.9 Å². The van der Waals surface area contributed by atoms with Crippen LogP contribution in [-0.2, 0) is 4.79 Å². The van der Waals surface area contributed by atoms with E-state index in [9.17, 15) is 9.59 Å². The van der Waals surface area contributed by atoms with E-state index in [-0.39, 0.29) is 24.0 Å². The largest absolute Gasteiger partial charge is 0.483 e. The minimum Gasteiger partial charge on any atom is -0.483 e. The molecule has 1 saturated carbocycles. The van der Waals surface area contributed by atoms with Gasteiger partial charge in [0, 0.05) is 16.1 Å². The maximum Gasteiger partial charge on any atom is 0.282 e. The quantitative estimate of drug-likeness (QED) is 0.215. The van der Waals surface area contributed by atoms with Crippen LogP contribution in [0.4, 0.5) is 5.69 Å². The predicted octanol–water partition coefficient (Wildman–Crippen LogP) is 7.18. The SMILES string of the molecule is Cc1ccc(NC(=O)COc2ccc(C=Nn3c(C4CCCCC4)nc4ccc(Br)cc4c3=O)cc2Br)cc1. The lowest BCUT2D eigenvalue weighted by molar-refractivity contribution is -0.118. The van der Waals surface area contributed by atoms with E-state index in [1.807, 2.05) is 55.5 Å². The number of fused-ring (bicyclic) bond motifs is 1. The van der Waals surface area contributed by atoms with E-state index in [1.54, 1.807) is 18.3 Å². The average molecular weight is 652 g/mol. The normalized spacial score (nSPS) is 14.1. The summed E-state index contributed by atoms with van der Waals surface area (Å²) in [6.07, 6.45) is 7.11. The number of hydrogen-bond acceptors (Lipinski definition) is 5. The number of halogens is 2. The van der Waals surface area contributed by atoms with Gasteiger partial charge in [-0.2, -0.15) is 9.78 Å². The topological polar surface area (TPSA) is 85.6 Å². The second kappa shape index (κ2) is 12.3. The Bertz CT molecular complexity index is 1590. The van der Waals surface area contributed by atoms with E-state index in [1.165, 1.54) is 11.1 Å². The van der Waals surface area contributed by atoms with Crippen molar-refractivity contribution in [1.82, 2.24) is 9.66 Å². The van der Waals surface area contributed by atoms with Crippen LogP contribution in [-0.4, -0.2) is 28.4 Å². The summed E-state index contributed by atoms with van der Waals surface area (Å²) in [7, 11) is 0.